The van der Waals surface area contributed by atoms with E-state index < -0.39 is 0 Å². The highest BCUT2D eigenvalue weighted by Gasteiger charge is 2.20. The van der Waals surface area contributed by atoms with Gasteiger partial charge in [-0.25, -0.2) is 0 Å². The van der Waals surface area contributed by atoms with Gasteiger partial charge in [-0.2, -0.15) is 0 Å². The molecule has 2 N–H and O–H groups in total. The molecule has 0 bridgehead atoms. The minimum atomic E-state index is -0.118. The number of fused-ring (bicyclic) bond motifs is 1. The zero-order valence-electron chi connectivity index (χ0n) is 12.0. The van der Waals surface area contributed by atoms with Crippen molar-refractivity contribution < 1.29 is 14.3 Å². The van der Waals surface area contributed by atoms with Gasteiger partial charge in [-0.3, -0.25) is 4.79 Å². The van der Waals surface area contributed by atoms with E-state index in [1.54, 1.807) is 0 Å². The second kappa shape index (κ2) is 6.09. The molecule has 0 aliphatic heterocycles. The third kappa shape index (κ3) is 3.39. The van der Waals surface area contributed by atoms with E-state index >= 15 is 0 Å². The number of nitrogens with one attached hydrogen (secondary N) is 1. The number of hydrogen-bond donors (Lipinski definition) is 2. The van der Waals surface area contributed by atoms with E-state index in [0.29, 0.717) is 12.1 Å². The Balaban J connectivity index is 2.02. The first-order chi connectivity index (χ1) is 9.53. The first kappa shape index (κ1) is 14.6. The highest BCUT2D eigenvalue weighted by Crippen LogP contribution is 2.23. The van der Waals surface area contributed by atoms with Gasteiger partial charge in [0, 0.05) is 18.5 Å². The van der Waals surface area contributed by atoms with Gasteiger partial charge in [-0.15, -0.1) is 0 Å². The maximum Gasteiger partial charge on any atom is 0.255 e. The number of para-hydroxylation sites is 1. The van der Waals surface area contributed by atoms with Crippen LogP contribution in [0.1, 0.15) is 37.0 Å². The molecule has 108 valence electrons. The van der Waals surface area contributed by atoms with E-state index in [4.69, 9.17) is 9.52 Å². The maximum absolute atomic E-state index is 12.2. The van der Waals surface area contributed by atoms with Crippen molar-refractivity contribution in [1.29, 1.82) is 0 Å². The van der Waals surface area contributed by atoms with Gasteiger partial charge < -0.3 is 14.8 Å². The van der Waals surface area contributed by atoms with Crippen LogP contribution < -0.4 is 5.32 Å². The van der Waals surface area contributed by atoms with E-state index in [9.17, 15) is 4.79 Å². The normalized spacial score (nSPS) is 11.8. The van der Waals surface area contributed by atoms with Gasteiger partial charge in [0.2, 0.25) is 0 Å². The van der Waals surface area contributed by atoms with Gasteiger partial charge >= 0.3 is 0 Å². The van der Waals surface area contributed by atoms with Crippen LogP contribution in [-0.4, -0.2) is 24.2 Å². The lowest BCUT2D eigenvalue weighted by atomic mass is 9.88. The summed E-state index contributed by atoms with van der Waals surface area (Å²) >= 11 is 0. The second-order valence-electron chi connectivity index (χ2n) is 5.82. The summed E-state index contributed by atoms with van der Waals surface area (Å²) in [4.78, 5) is 12.2. The molecule has 4 nitrogen and oxygen atoms in total. The molecule has 0 saturated carbocycles. The van der Waals surface area contributed by atoms with Crippen molar-refractivity contribution in [3.05, 3.63) is 36.1 Å². The number of furan rings is 1. The average molecular weight is 275 g/mol. The lowest BCUT2D eigenvalue weighted by molar-refractivity contribution is 0.0933. The van der Waals surface area contributed by atoms with Gasteiger partial charge in [-0.1, -0.05) is 32.0 Å². The SMILES string of the molecule is CC(C)(CCCO)CNC(=O)c1coc2ccccc12. The van der Waals surface area contributed by atoms with Crippen molar-refractivity contribution in [2.24, 2.45) is 5.41 Å². The molecule has 0 saturated heterocycles. The Morgan fingerprint density at radius 2 is 2.10 bits per heavy atom. The molecule has 0 fully saturated rings. The fourth-order valence-corrected chi connectivity index (χ4v) is 2.21. The molecule has 0 aliphatic carbocycles. The largest absolute Gasteiger partial charge is 0.463 e. The molecule has 1 aromatic carbocycles. The van der Waals surface area contributed by atoms with Gasteiger partial charge in [0.15, 0.2) is 0 Å². The highest BCUT2D eigenvalue weighted by atomic mass is 16.3. The summed E-state index contributed by atoms with van der Waals surface area (Å²) in [5.41, 5.74) is 1.26. The first-order valence-corrected chi connectivity index (χ1v) is 6.89. The van der Waals surface area contributed by atoms with E-state index in [1.165, 1.54) is 6.26 Å². The predicted octanol–water partition coefficient (Wildman–Crippen LogP) is 2.96. The molecule has 0 unspecified atom stereocenters. The summed E-state index contributed by atoms with van der Waals surface area (Å²) in [7, 11) is 0. The lowest BCUT2D eigenvalue weighted by Crippen LogP contribution is -2.34. The Kier molecular flexibility index (Phi) is 4.45. The highest BCUT2D eigenvalue weighted by molar-refractivity contribution is 6.05. The Morgan fingerprint density at radius 3 is 2.85 bits per heavy atom. The van der Waals surface area contributed by atoms with Crippen LogP contribution in [0.3, 0.4) is 0 Å². The molecular weight excluding hydrogens is 254 g/mol. The third-order valence-corrected chi connectivity index (χ3v) is 3.46. The summed E-state index contributed by atoms with van der Waals surface area (Å²) < 4.78 is 5.37. The number of amides is 1. The van der Waals surface area contributed by atoms with Crippen LogP contribution in [0, 0.1) is 5.41 Å². The minimum Gasteiger partial charge on any atom is -0.463 e. The second-order valence-corrected chi connectivity index (χ2v) is 5.82. The Labute approximate surface area is 118 Å². The zero-order chi connectivity index (χ0) is 14.6. The topological polar surface area (TPSA) is 62.5 Å². The molecule has 2 rings (SSSR count). The molecule has 1 amide bonds. The standard InChI is InChI=1S/C16H21NO3/c1-16(2,8-5-9-18)11-17-15(19)13-10-20-14-7-4-3-6-12(13)14/h3-4,6-7,10,18H,5,8-9,11H2,1-2H3,(H,17,19). The van der Waals surface area contributed by atoms with E-state index in [-0.39, 0.29) is 17.9 Å². The number of aliphatic hydroxyl groups is 1. The van der Waals surface area contributed by atoms with Crippen LogP contribution in [0.5, 0.6) is 0 Å². The van der Waals surface area contributed by atoms with Crippen LogP contribution in [-0.2, 0) is 0 Å². The van der Waals surface area contributed by atoms with Crippen molar-refractivity contribution in [3.8, 4) is 0 Å². The van der Waals surface area contributed by atoms with Crippen LogP contribution in [0.2, 0.25) is 0 Å². The van der Waals surface area contributed by atoms with Crippen molar-refractivity contribution in [2.45, 2.75) is 26.7 Å². The summed E-state index contributed by atoms with van der Waals surface area (Å²) in [5, 5.41) is 12.7. The Bertz CT molecular complexity index is 586. The van der Waals surface area contributed by atoms with Crippen LogP contribution in [0.25, 0.3) is 11.0 Å². The molecule has 0 radical (unpaired) electrons. The molecule has 2 aromatic rings. The van der Waals surface area contributed by atoms with Gasteiger partial charge in [-0.05, 0) is 24.3 Å². The number of hydrogen-bond acceptors (Lipinski definition) is 3. The summed E-state index contributed by atoms with van der Waals surface area (Å²) in [6.07, 6.45) is 3.12. The molecule has 0 aliphatic rings. The minimum absolute atomic E-state index is 0.0298. The first-order valence-electron chi connectivity index (χ1n) is 6.89. The van der Waals surface area contributed by atoms with E-state index in [0.717, 1.165) is 23.8 Å². The van der Waals surface area contributed by atoms with Crippen LogP contribution in [0.15, 0.2) is 34.9 Å². The monoisotopic (exact) mass is 275 g/mol. The molecule has 20 heavy (non-hydrogen) atoms. The summed E-state index contributed by atoms with van der Waals surface area (Å²) in [6, 6.07) is 7.49. The smallest absolute Gasteiger partial charge is 0.255 e. The fraction of sp³-hybridized carbons (Fsp3) is 0.438. The molecule has 0 spiro atoms. The predicted molar refractivity (Wildman–Crippen MR) is 78.6 cm³/mol. The summed E-state index contributed by atoms with van der Waals surface area (Å²) in [6.45, 7) is 4.92. The lowest BCUT2D eigenvalue weighted by Gasteiger charge is -2.24. The molecule has 0 atom stereocenters. The zero-order valence-corrected chi connectivity index (χ0v) is 12.0. The van der Waals surface area contributed by atoms with Crippen LogP contribution in [0.4, 0.5) is 0 Å². The quantitative estimate of drug-likeness (QED) is 0.852. The van der Waals surface area contributed by atoms with Crippen molar-refractivity contribution in [2.75, 3.05) is 13.2 Å². The molecular formula is C16H21NO3. The van der Waals surface area contributed by atoms with E-state index in [1.807, 2.05) is 24.3 Å². The van der Waals surface area contributed by atoms with Crippen molar-refractivity contribution in [1.82, 2.24) is 5.32 Å². The number of rotatable bonds is 6. The van der Waals surface area contributed by atoms with Gasteiger partial charge in [0.05, 0.1) is 5.56 Å². The van der Waals surface area contributed by atoms with Gasteiger partial charge in [0.25, 0.3) is 5.91 Å². The van der Waals surface area contributed by atoms with Crippen LogP contribution >= 0.6 is 0 Å². The number of carbonyl (C=O) groups excluding carboxylic acids is 1. The Hall–Kier alpha value is -1.81. The van der Waals surface area contributed by atoms with Crippen molar-refractivity contribution in [3.63, 3.8) is 0 Å². The van der Waals surface area contributed by atoms with Gasteiger partial charge in [0.1, 0.15) is 11.8 Å². The Morgan fingerprint density at radius 1 is 1.35 bits per heavy atom. The fourth-order valence-electron chi connectivity index (χ4n) is 2.21. The number of benzene rings is 1. The number of aliphatic hydroxyl groups excluding tert-OH is 1. The number of carbonyl (C=O) groups is 1. The maximum atomic E-state index is 12.2. The molecule has 1 heterocycles. The molecule has 4 heteroatoms. The molecule has 1 aromatic heterocycles. The summed E-state index contributed by atoms with van der Waals surface area (Å²) in [5.74, 6) is -0.118. The third-order valence-electron chi connectivity index (χ3n) is 3.46. The average Bonchev–Trinajstić information content (AvgIpc) is 2.87. The van der Waals surface area contributed by atoms with Crippen molar-refractivity contribution >= 4 is 16.9 Å². The van der Waals surface area contributed by atoms with E-state index in [2.05, 4.69) is 19.2 Å².